The maximum Gasteiger partial charge on any atom is 0.333 e. The molecule has 2 aliphatic carbocycles. The highest BCUT2D eigenvalue weighted by atomic mass is 16.5. The summed E-state index contributed by atoms with van der Waals surface area (Å²) >= 11 is 0. The van der Waals surface area contributed by atoms with Crippen molar-refractivity contribution in [1.82, 2.24) is 0 Å². The van der Waals surface area contributed by atoms with Gasteiger partial charge in [0.1, 0.15) is 0 Å². The summed E-state index contributed by atoms with van der Waals surface area (Å²) in [6.07, 6.45) is 5.10. The predicted molar refractivity (Wildman–Crippen MR) is 56.4 cm³/mol. The molecule has 2 unspecified atom stereocenters. The highest BCUT2D eigenvalue weighted by molar-refractivity contribution is 5.94. The Morgan fingerprint density at radius 1 is 1.06 bits per heavy atom. The Bertz CT molecular complexity index is 356. The quantitative estimate of drug-likeness (QED) is 0.659. The number of hydrogen-bond donors (Lipinski definition) is 0. The summed E-state index contributed by atoms with van der Waals surface area (Å²) in [4.78, 5) is 22.9. The van der Waals surface area contributed by atoms with Crippen LogP contribution >= 0.6 is 0 Å². The van der Waals surface area contributed by atoms with Gasteiger partial charge in [0.2, 0.25) is 0 Å². The molecule has 0 amide bonds. The van der Waals surface area contributed by atoms with E-state index in [2.05, 4.69) is 0 Å². The number of methoxy groups -OCH3 is 2. The third-order valence-electron chi connectivity index (χ3n) is 3.11. The van der Waals surface area contributed by atoms with Crippen LogP contribution in [-0.4, -0.2) is 26.2 Å². The molecule has 0 aromatic heterocycles. The van der Waals surface area contributed by atoms with Crippen molar-refractivity contribution in [2.24, 2.45) is 11.8 Å². The van der Waals surface area contributed by atoms with E-state index in [0.29, 0.717) is 17.6 Å². The van der Waals surface area contributed by atoms with E-state index >= 15 is 0 Å². The summed E-state index contributed by atoms with van der Waals surface area (Å²) in [7, 11) is 2.75. The second-order valence-corrected chi connectivity index (χ2v) is 3.99. The molecule has 0 aromatic rings. The second kappa shape index (κ2) is 4.12. The molecule has 0 saturated heterocycles. The Morgan fingerprint density at radius 3 is 1.88 bits per heavy atom. The largest absolute Gasteiger partial charge is 0.466 e. The minimum absolute atomic E-state index is 0.139. The number of ether oxygens (including phenoxy) is 2. The number of hydrogen-bond acceptors (Lipinski definition) is 4. The third-order valence-corrected chi connectivity index (χ3v) is 3.11. The van der Waals surface area contributed by atoms with Gasteiger partial charge in [0.05, 0.1) is 14.2 Å². The molecule has 1 fully saturated rings. The van der Waals surface area contributed by atoms with Crippen molar-refractivity contribution in [3.63, 3.8) is 0 Å². The van der Waals surface area contributed by atoms with Crippen molar-refractivity contribution in [2.75, 3.05) is 14.2 Å². The van der Waals surface area contributed by atoms with Gasteiger partial charge in [-0.2, -0.15) is 0 Å². The molecule has 2 rings (SSSR count). The first-order chi connectivity index (χ1) is 7.69. The molecule has 4 heteroatoms. The molecule has 0 N–H and O–H groups in total. The summed E-state index contributed by atoms with van der Waals surface area (Å²) in [5.74, 6) is -0.292. The van der Waals surface area contributed by atoms with Crippen LogP contribution in [0.1, 0.15) is 12.8 Å². The minimum atomic E-state index is -0.285. The van der Waals surface area contributed by atoms with Crippen LogP contribution in [0.2, 0.25) is 0 Å². The fraction of sp³-hybridized carbons (Fsp3) is 0.500. The van der Waals surface area contributed by atoms with Gasteiger partial charge in [-0.15, -0.1) is 0 Å². The first-order valence-electron chi connectivity index (χ1n) is 5.25. The Morgan fingerprint density at radius 2 is 1.50 bits per heavy atom. The van der Waals surface area contributed by atoms with E-state index in [4.69, 9.17) is 9.47 Å². The predicted octanol–water partition coefficient (Wildman–Crippen LogP) is 1.22. The van der Waals surface area contributed by atoms with Crippen LogP contribution in [0.15, 0.2) is 23.3 Å². The molecule has 2 atom stereocenters. The lowest BCUT2D eigenvalue weighted by Crippen LogP contribution is -2.10. The summed E-state index contributed by atoms with van der Waals surface area (Å²) in [5, 5.41) is 0. The molecule has 0 aromatic carbocycles. The van der Waals surface area contributed by atoms with Crippen LogP contribution in [0.3, 0.4) is 0 Å². The molecule has 0 aliphatic heterocycles. The average Bonchev–Trinajstić information content (AvgIpc) is 3.06. The Kier molecular flexibility index (Phi) is 2.81. The molecule has 16 heavy (non-hydrogen) atoms. The number of allylic oxidation sites excluding steroid dienone is 2. The number of carbonyl (C=O) groups excluding carboxylic acids is 2. The van der Waals surface area contributed by atoms with Gasteiger partial charge in [0.15, 0.2) is 0 Å². The van der Waals surface area contributed by atoms with Crippen molar-refractivity contribution in [2.45, 2.75) is 12.8 Å². The van der Waals surface area contributed by atoms with Gasteiger partial charge in [-0.1, -0.05) is 12.2 Å². The summed E-state index contributed by atoms with van der Waals surface area (Å²) in [6.45, 7) is 0. The van der Waals surface area contributed by atoms with Crippen molar-refractivity contribution in [3.05, 3.63) is 23.3 Å². The van der Waals surface area contributed by atoms with Crippen molar-refractivity contribution < 1.29 is 19.1 Å². The molecular weight excluding hydrogens is 208 g/mol. The number of fused-ring (bicyclic) bond motifs is 1. The molecule has 0 heterocycles. The molecule has 86 valence electrons. The number of carbonyl (C=O) groups is 2. The minimum Gasteiger partial charge on any atom is -0.466 e. The lowest BCUT2D eigenvalue weighted by molar-refractivity contribution is -0.137. The van der Waals surface area contributed by atoms with Crippen LogP contribution in [0.4, 0.5) is 0 Å². The Hall–Kier alpha value is -1.58. The fourth-order valence-corrected chi connectivity index (χ4v) is 2.20. The van der Waals surface area contributed by atoms with Gasteiger partial charge in [-0.3, -0.25) is 0 Å². The molecule has 2 aliphatic rings. The first-order valence-corrected chi connectivity index (χ1v) is 5.25. The number of esters is 2. The SMILES string of the molecule is COC(=O)C1=CCC=C(C(=O)OC)C2CC12. The standard InChI is InChI=1S/C12H14O4/c1-15-11(13)7-4-3-5-8(12(14)16-2)10-6-9(7)10/h4-5,9-10H,3,6H2,1-2H3. The Labute approximate surface area is 93.9 Å². The van der Waals surface area contributed by atoms with Crippen molar-refractivity contribution in [3.8, 4) is 0 Å². The second-order valence-electron chi connectivity index (χ2n) is 3.99. The number of rotatable bonds is 2. The molecule has 1 saturated carbocycles. The van der Waals surface area contributed by atoms with E-state index in [1.807, 2.05) is 12.2 Å². The van der Waals surface area contributed by atoms with E-state index in [1.54, 1.807) is 0 Å². The van der Waals surface area contributed by atoms with Crippen LogP contribution < -0.4 is 0 Å². The first kappa shape index (κ1) is 10.9. The van der Waals surface area contributed by atoms with Gasteiger partial charge in [0, 0.05) is 11.1 Å². The smallest absolute Gasteiger partial charge is 0.333 e. The average molecular weight is 222 g/mol. The molecule has 0 radical (unpaired) electrons. The molecule has 0 bridgehead atoms. The van der Waals surface area contributed by atoms with E-state index < -0.39 is 0 Å². The maximum absolute atomic E-state index is 11.5. The maximum atomic E-state index is 11.5. The van der Waals surface area contributed by atoms with E-state index in [0.717, 1.165) is 6.42 Å². The summed E-state index contributed by atoms with van der Waals surface area (Å²) in [6, 6.07) is 0. The van der Waals surface area contributed by atoms with Gasteiger partial charge < -0.3 is 9.47 Å². The highest BCUT2D eigenvalue weighted by Crippen LogP contribution is 2.50. The van der Waals surface area contributed by atoms with Crippen LogP contribution in [-0.2, 0) is 19.1 Å². The topological polar surface area (TPSA) is 52.6 Å². The molecule has 4 nitrogen and oxygen atoms in total. The van der Waals surface area contributed by atoms with Crippen LogP contribution in [0, 0.1) is 11.8 Å². The monoisotopic (exact) mass is 222 g/mol. The van der Waals surface area contributed by atoms with Crippen LogP contribution in [0.25, 0.3) is 0 Å². The van der Waals surface area contributed by atoms with Gasteiger partial charge in [0.25, 0.3) is 0 Å². The summed E-state index contributed by atoms with van der Waals surface area (Å²) in [5.41, 5.74) is 1.39. The van der Waals surface area contributed by atoms with Crippen molar-refractivity contribution >= 4 is 11.9 Å². The van der Waals surface area contributed by atoms with Crippen LogP contribution in [0.5, 0.6) is 0 Å². The summed E-state index contributed by atoms with van der Waals surface area (Å²) < 4.78 is 9.44. The van der Waals surface area contributed by atoms with E-state index in [-0.39, 0.29) is 23.8 Å². The normalized spacial score (nSPS) is 26.9. The van der Waals surface area contributed by atoms with Gasteiger partial charge in [-0.25, -0.2) is 9.59 Å². The Balaban J connectivity index is 2.15. The molecule has 0 spiro atoms. The zero-order chi connectivity index (χ0) is 11.7. The lowest BCUT2D eigenvalue weighted by atomic mass is 10.1. The van der Waals surface area contributed by atoms with Gasteiger partial charge in [-0.05, 0) is 24.7 Å². The lowest BCUT2D eigenvalue weighted by Gasteiger charge is -2.03. The molecular formula is C12H14O4. The van der Waals surface area contributed by atoms with Gasteiger partial charge >= 0.3 is 11.9 Å². The highest BCUT2D eigenvalue weighted by Gasteiger charge is 2.47. The van der Waals surface area contributed by atoms with Crippen molar-refractivity contribution in [1.29, 1.82) is 0 Å². The van der Waals surface area contributed by atoms with E-state index in [9.17, 15) is 9.59 Å². The third kappa shape index (κ3) is 1.75. The fourth-order valence-electron chi connectivity index (χ4n) is 2.20. The van der Waals surface area contributed by atoms with E-state index in [1.165, 1.54) is 14.2 Å². The zero-order valence-electron chi connectivity index (χ0n) is 9.36. The zero-order valence-corrected chi connectivity index (χ0v) is 9.36.